The third-order valence-corrected chi connectivity index (χ3v) is 6.37. The Hall–Kier alpha value is -0.170. The molecule has 6 heteroatoms. The molecule has 0 amide bonds. The van der Waals surface area contributed by atoms with Gasteiger partial charge in [-0.05, 0) is 38.1 Å². The number of hydrogen-bond acceptors (Lipinski definition) is 3. The van der Waals surface area contributed by atoms with Crippen molar-refractivity contribution in [1.29, 1.82) is 0 Å². The predicted octanol–water partition coefficient (Wildman–Crippen LogP) is 1.04. The lowest BCUT2D eigenvalue weighted by Gasteiger charge is -2.38. The standard InChI is InChI=1S/C13H27N3O2S/c1-3-16(13-7-4-8-14-10-13)19(17,18)15-9-5-6-12(2)11-15/h12-14H,3-11H2,1-2H3. The Morgan fingerprint density at radius 1 is 1.32 bits per heavy atom. The molecule has 2 aliphatic rings. The molecular weight excluding hydrogens is 262 g/mol. The van der Waals surface area contributed by atoms with Gasteiger partial charge in [-0.1, -0.05) is 13.8 Å². The van der Waals surface area contributed by atoms with Crippen LogP contribution in [0.1, 0.15) is 39.5 Å². The van der Waals surface area contributed by atoms with E-state index in [0.717, 1.165) is 38.8 Å². The van der Waals surface area contributed by atoms with Gasteiger partial charge in [0, 0.05) is 32.2 Å². The summed E-state index contributed by atoms with van der Waals surface area (Å²) in [5.41, 5.74) is 0. The molecule has 2 atom stereocenters. The van der Waals surface area contributed by atoms with E-state index in [2.05, 4.69) is 12.2 Å². The van der Waals surface area contributed by atoms with E-state index in [0.29, 0.717) is 25.6 Å². The average molecular weight is 289 g/mol. The third kappa shape index (κ3) is 3.48. The summed E-state index contributed by atoms with van der Waals surface area (Å²) in [6.07, 6.45) is 4.17. The highest BCUT2D eigenvalue weighted by molar-refractivity contribution is 7.86. The highest BCUT2D eigenvalue weighted by Gasteiger charge is 2.36. The SMILES string of the molecule is CCN(C1CCCNC1)S(=O)(=O)N1CCCC(C)C1. The summed E-state index contributed by atoms with van der Waals surface area (Å²) >= 11 is 0. The van der Waals surface area contributed by atoms with Crippen LogP contribution in [0.4, 0.5) is 0 Å². The fraction of sp³-hybridized carbons (Fsp3) is 1.00. The van der Waals surface area contributed by atoms with E-state index >= 15 is 0 Å². The van der Waals surface area contributed by atoms with Gasteiger partial charge in [0.2, 0.25) is 0 Å². The van der Waals surface area contributed by atoms with E-state index in [-0.39, 0.29) is 6.04 Å². The molecule has 0 aromatic carbocycles. The lowest BCUT2D eigenvalue weighted by Crippen LogP contribution is -2.54. The van der Waals surface area contributed by atoms with Gasteiger partial charge < -0.3 is 5.32 Å². The van der Waals surface area contributed by atoms with Gasteiger partial charge in [-0.2, -0.15) is 17.0 Å². The zero-order chi connectivity index (χ0) is 13.9. The molecule has 0 saturated carbocycles. The van der Waals surface area contributed by atoms with E-state index in [4.69, 9.17) is 0 Å². The molecule has 19 heavy (non-hydrogen) atoms. The second kappa shape index (κ2) is 6.52. The van der Waals surface area contributed by atoms with Crippen LogP contribution in [0, 0.1) is 5.92 Å². The molecule has 0 aliphatic carbocycles. The zero-order valence-electron chi connectivity index (χ0n) is 12.1. The maximum absolute atomic E-state index is 12.8. The van der Waals surface area contributed by atoms with E-state index in [9.17, 15) is 8.42 Å². The maximum Gasteiger partial charge on any atom is 0.282 e. The molecule has 2 unspecified atom stereocenters. The van der Waals surface area contributed by atoms with Gasteiger partial charge in [-0.15, -0.1) is 0 Å². The Bertz CT molecular complexity index is 379. The first-order valence-corrected chi connectivity index (χ1v) is 8.93. The molecule has 112 valence electrons. The monoisotopic (exact) mass is 289 g/mol. The Kier molecular flexibility index (Phi) is 5.22. The highest BCUT2D eigenvalue weighted by Crippen LogP contribution is 2.23. The first-order chi connectivity index (χ1) is 9.05. The zero-order valence-corrected chi connectivity index (χ0v) is 13.0. The van der Waals surface area contributed by atoms with Gasteiger partial charge in [0.05, 0.1) is 0 Å². The maximum atomic E-state index is 12.8. The number of nitrogens with zero attached hydrogens (tertiary/aromatic N) is 2. The van der Waals surface area contributed by atoms with Crippen LogP contribution in [0.2, 0.25) is 0 Å². The first kappa shape index (κ1) is 15.2. The van der Waals surface area contributed by atoms with Gasteiger partial charge in [0.15, 0.2) is 0 Å². The Labute approximate surface area is 117 Å². The highest BCUT2D eigenvalue weighted by atomic mass is 32.2. The second-order valence-electron chi connectivity index (χ2n) is 5.82. The van der Waals surface area contributed by atoms with Crippen molar-refractivity contribution in [3.8, 4) is 0 Å². The molecular formula is C13H27N3O2S. The van der Waals surface area contributed by atoms with Gasteiger partial charge >= 0.3 is 0 Å². The molecule has 5 nitrogen and oxygen atoms in total. The van der Waals surface area contributed by atoms with E-state index in [1.807, 2.05) is 6.92 Å². The smallest absolute Gasteiger partial charge is 0.282 e. The molecule has 0 bridgehead atoms. The third-order valence-electron chi connectivity index (χ3n) is 4.23. The summed E-state index contributed by atoms with van der Waals surface area (Å²) in [6, 6.07) is 0.126. The molecule has 2 heterocycles. The minimum Gasteiger partial charge on any atom is -0.315 e. The van der Waals surface area contributed by atoms with Crippen molar-refractivity contribution in [2.24, 2.45) is 5.92 Å². The summed E-state index contributed by atoms with van der Waals surface area (Å²) in [6.45, 7) is 7.81. The topological polar surface area (TPSA) is 52.7 Å². The molecule has 1 N–H and O–H groups in total. The van der Waals surface area contributed by atoms with Crippen molar-refractivity contribution in [1.82, 2.24) is 13.9 Å². The summed E-state index contributed by atoms with van der Waals surface area (Å²) in [7, 11) is -3.28. The van der Waals surface area contributed by atoms with Gasteiger partial charge in [-0.25, -0.2) is 0 Å². The molecule has 2 aliphatic heterocycles. The summed E-state index contributed by atoms with van der Waals surface area (Å²) in [4.78, 5) is 0. The number of likely N-dealkylation sites (N-methyl/N-ethyl adjacent to an activating group) is 1. The van der Waals surface area contributed by atoms with Crippen LogP contribution in [-0.4, -0.2) is 55.8 Å². The molecule has 0 radical (unpaired) electrons. The van der Waals surface area contributed by atoms with Crippen molar-refractivity contribution >= 4 is 10.2 Å². The summed E-state index contributed by atoms with van der Waals surface area (Å²) in [5.74, 6) is 0.478. The van der Waals surface area contributed by atoms with Crippen LogP contribution in [0.15, 0.2) is 0 Å². The summed E-state index contributed by atoms with van der Waals surface area (Å²) in [5, 5.41) is 3.31. The van der Waals surface area contributed by atoms with E-state index in [1.54, 1.807) is 8.61 Å². The van der Waals surface area contributed by atoms with Crippen molar-refractivity contribution in [3.05, 3.63) is 0 Å². The lowest BCUT2D eigenvalue weighted by atomic mass is 10.0. The van der Waals surface area contributed by atoms with Crippen LogP contribution in [0.3, 0.4) is 0 Å². The fourth-order valence-corrected chi connectivity index (χ4v) is 5.18. The minimum atomic E-state index is -3.28. The molecule has 0 spiro atoms. The van der Waals surface area contributed by atoms with Crippen molar-refractivity contribution < 1.29 is 8.42 Å². The molecule has 2 saturated heterocycles. The molecule has 0 aromatic heterocycles. The lowest BCUT2D eigenvalue weighted by molar-refractivity contribution is 0.224. The Morgan fingerprint density at radius 3 is 2.68 bits per heavy atom. The van der Waals surface area contributed by atoms with Crippen molar-refractivity contribution in [2.45, 2.75) is 45.6 Å². The van der Waals surface area contributed by atoms with Crippen LogP contribution in [0.25, 0.3) is 0 Å². The van der Waals surface area contributed by atoms with Crippen LogP contribution in [-0.2, 0) is 10.2 Å². The number of piperidine rings is 2. The van der Waals surface area contributed by atoms with E-state index < -0.39 is 10.2 Å². The van der Waals surface area contributed by atoms with Crippen molar-refractivity contribution in [3.63, 3.8) is 0 Å². The Morgan fingerprint density at radius 2 is 2.11 bits per heavy atom. The van der Waals surface area contributed by atoms with Gasteiger partial charge in [0.1, 0.15) is 0 Å². The molecule has 0 aromatic rings. The second-order valence-corrected chi connectivity index (χ2v) is 7.70. The first-order valence-electron chi connectivity index (χ1n) is 7.53. The normalized spacial score (nSPS) is 30.7. The van der Waals surface area contributed by atoms with E-state index in [1.165, 1.54) is 0 Å². The largest absolute Gasteiger partial charge is 0.315 e. The Balaban J connectivity index is 2.10. The number of nitrogens with one attached hydrogen (secondary N) is 1. The van der Waals surface area contributed by atoms with Crippen LogP contribution >= 0.6 is 0 Å². The number of hydrogen-bond donors (Lipinski definition) is 1. The summed E-state index contributed by atoms with van der Waals surface area (Å²) < 4.78 is 29.0. The van der Waals surface area contributed by atoms with Crippen LogP contribution < -0.4 is 5.32 Å². The molecule has 2 rings (SSSR count). The molecule has 2 fully saturated rings. The van der Waals surface area contributed by atoms with Crippen LogP contribution in [0.5, 0.6) is 0 Å². The predicted molar refractivity (Wildman–Crippen MR) is 77.2 cm³/mol. The number of rotatable bonds is 4. The fourth-order valence-electron chi connectivity index (χ4n) is 3.19. The minimum absolute atomic E-state index is 0.126. The average Bonchev–Trinajstić information content (AvgIpc) is 2.40. The van der Waals surface area contributed by atoms with Gasteiger partial charge in [0.25, 0.3) is 10.2 Å². The van der Waals surface area contributed by atoms with Gasteiger partial charge in [-0.3, -0.25) is 0 Å². The quantitative estimate of drug-likeness (QED) is 0.841. The van der Waals surface area contributed by atoms with Crippen molar-refractivity contribution in [2.75, 3.05) is 32.7 Å².